The summed E-state index contributed by atoms with van der Waals surface area (Å²) in [5.41, 5.74) is 25.7. The first-order chi connectivity index (χ1) is 28.8. The Kier molecular flexibility index (Phi) is 10.1. The molecule has 0 atom stereocenters. The Labute approximate surface area is 362 Å². The fourth-order valence-electron chi connectivity index (χ4n) is 9.33. The van der Waals surface area contributed by atoms with E-state index in [0.717, 1.165) is 55.3 Å². The molecule has 0 saturated carbocycles. The zero-order valence-electron chi connectivity index (χ0n) is 36.6. The highest BCUT2D eigenvalue weighted by molar-refractivity contribution is 6.71. The van der Waals surface area contributed by atoms with Gasteiger partial charge in [-0.05, 0) is 38.8 Å². The van der Waals surface area contributed by atoms with E-state index in [2.05, 4.69) is 183 Å². The van der Waals surface area contributed by atoms with Gasteiger partial charge in [0.05, 0.1) is 5.56 Å². The summed E-state index contributed by atoms with van der Waals surface area (Å²) in [5, 5.41) is 2.30. The molecule has 0 spiro atoms. The molecule has 9 aromatic rings. The molecule has 0 radical (unpaired) electrons. The molecule has 0 N–H and O–H groups in total. The van der Waals surface area contributed by atoms with Crippen LogP contribution in [0.1, 0.15) is 0 Å². The van der Waals surface area contributed by atoms with Gasteiger partial charge in [-0.3, -0.25) is 0 Å². The number of hydrogen-bond acceptors (Lipinski definition) is 4. The molecule has 0 aliphatic carbocycles. The van der Waals surface area contributed by atoms with Crippen LogP contribution in [0.5, 0.6) is 0 Å². The molecule has 0 unspecified atom stereocenters. The molecule has 0 aliphatic heterocycles. The van der Waals surface area contributed by atoms with Crippen molar-refractivity contribution in [1.82, 2.24) is 15.0 Å². The van der Waals surface area contributed by atoms with Gasteiger partial charge in [0.1, 0.15) is 97.5 Å². The van der Waals surface area contributed by atoms with Gasteiger partial charge in [-0.15, -0.1) is 16.4 Å². The molecule has 2 heterocycles. The van der Waals surface area contributed by atoms with E-state index in [1.165, 1.54) is 76.8 Å². The Morgan fingerprint density at radius 2 is 0.583 bits per heavy atom. The van der Waals surface area contributed by atoms with E-state index in [-0.39, 0.29) is 0 Å². The molecule has 4 nitrogen and oxygen atoms in total. The van der Waals surface area contributed by atoms with Crippen molar-refractivity contribution in [2.45, 2.75) is 0 Å². The van der Waals surface area contributed by atoms with Crippen LogP contribution >= 0.6 is 0 Å². The highest BCUT2D eigenvalue weighted by Gasteiger charge is 2.27. The third kappa shape index (κ3) is 6.36. The van der Waals surface area contributed by atoms with Crippen LogP contribution in [0.25, 0.3) is 89.5 Å². The zero-order chi connectivity index (χ0) is 42.1. The van der Waals surface area contributed by atoms with Crippen molar-refractivity contribution < 1.29 is 4.42 Å². The molecule has 0 aliphatic rings. The Hall–Kier alpha value is -5.94. The number of aromatic nitrogens is 3. The summed E-state index contributed by atoms with van der Waals surface area (Å²) in [4.78, 5) is 15.8. The van der Waals surface area contributed by atoms with Crippen LogP contribution < -0.4 is 60.1 Å². The smallest absolute Gasteiger partial charge is 0.167 e. The van der Waals surface area contributed by atoms with Crippen LogP contribution in [0.4, 0.5) is 0 Å². The summed E-state index contributed by atoms with van der Waals surface area (Å²) in [6.07, 6.45) is 0. The van der Waals surface area contributed by atoms with Crippen molar-refractivity contribution in [2.75, 3.05) is 0 Å². The minimum Gasteiger partial charge on any atom is -0.456 e. The molecular weight excluding hydrogens is 717 g/mol. The minimum atomic E-state index is 0.600. The van der Waals surface area contributed by atoms with Crippen molar-refractivity contribution in [2.24, 2.45) is 0 Å². The zero-order valence-corrected chi connectivity index (χ0v) is 36.6. The SMILES string of the molecule is Bc1c(B)c(B)c(-c2c(B)c(B)c3c(oc4c(-c5nc(-c6ccc(-c7ccccc7)cc6)nc(-c6ccc(-c7ccccc7)cc6)n5)c(B)c(B)c(B)c43)c2B)c(B)c1B. The van der Waals surface area contributed by atoms with E-state index < -0.39 is 0 Å². The fourth-order valence-corrected chi connectivity index (χ4v) is 9.33. The molecular formula is C45H40B11N3O. The first-order valence-corrected chi connectivity index (χ1v) is 21.0. The van der Waals surface area contributed by atoms with Gasteiger partial charge in [-0.25, -0.2) is 15.0 Å². The number of nitrogens with zero attached hydrogens (tertiary/aromatic N) is 3. The molecule has 60 heavy (non-hydrogen) atoms. The summed E-state index contributed by atoms with van der Waals surface area (Å²) in [5.74, 6) is 1.83. The summed E-state index contributed by atoms with van der Waals surface area (Å²) in [6, 6.07) is 37.9. The number of hydrogen-bond donors (Lipinski definition) is 0. The normalized spacial score (nSPS) is 11.4. The van der Waals surface area contributed by atoms with Crippen LogP contribution in [0.2, 0.25) is 0 Å². The molecule has 2 aromatic heterocycles. The molecule has 0 saturated heterocycles. The van der Waals surface area contributed by atoms with Gasteiger partial charge in [-0.2, -0.15) is 0 Å². The summed E-state index contributed by atoms with van der Waals surface area (Å²) in [7, 11) is 24.7. The van der Waals surface area contributed by atoms with Crippen LogP contribution in [0.3, 0.4) is 0 Å². The lowest BCUT2D eigenvalue weighted by Gasteiger charge is -2.24. The monoisotopic (exact) mass is 759 g/mol. The molecule has 15 heteroatoms. The van der Waals surface area contributed by atoms with E-state index in [0.29, 0.717) is 17.5 Å². The van der Waals surface area contributed by atoms with Crippen molar-refractivity contribution in [3.63, 3.8) is 0 Å². The standard InChI is InChI=1S/C45H40B11N3O/c46-30-26(25-31(47)38(54)40(56)39(55)32(25)48)36(52)42-28(33(30)49)27-34(50)37(53)35(51)29(41(27)60-42)45-58-43(23-15-11-21(12-16-23)19-7-3-1-4-8-19)57-44(59-45)24-17-13-22(14-18-24)20-9-5-2-6-10-20/h1-18H,46-56H2. The highest BCUT2D eigenvalue weighted by Crippen LogP contribution is 2.34. The topological polar surface area (TPSA) is 51.8 Å². The molecule has 274 valence electrons. The summed E-state index contributed by atoms with van der Waals surface area (Å²) < 4.78 is 7.27. The van der Waals surface area contributed by atoms with Gasteiger partial charge in [0.15, 0.2) is 17.5 Å². The molecule has 0 amide bonds. The number of benzene rings is 7. The van der Waals surface area contributed by atoms with Gasteiger partial charge in [0, 0.05) is 21.9 Å². The van der Waals surface area contributed by atoms with Gasteiger partial charge in [0.2, 0.25) is 0 Å². The third-order valence-corrected chi connectivity index (χ3v) is 13.6. The third-order valence-electron chi connectivity index (χ3n) is 13.6. The lowest BCUT2D eigenvalue weighted by atomic mass is 9.57. The van der Waals surface area contributed by atoms with E-state index in [1.807, 2.05) is 12.1 Å². The summed E-state index contributed by atoms with van der Waals surface area (Å²) >= 11 is 0. The predicted octanol–water partition coefficient (Wildman–Crippen LogP) is -7.38. The van der Waals surface area contributed by atoms with Crippen LogP contribution in [-0.4, -0.2) is 101 Å². The predicted molar refractivity (Wildman–Crippen MR) is 290 cm³/mol. The molecule has 9 rings (SSSR count). The first kappa shape index (κ1) is 39.5. The van der Waals surface area contributed by atoms with Crippen molar-refractivity contribution in [3.05, 3.63) is 109 Å². The maximum absolute atomic E-state index is 7.27. The quantitative estimate of drug-likeness (QED) is 0.159. The van der Waals surface area contributed by atoms with Gasteiger partial charge in [0.25, 0.3) is 0 Å². The van der Waals surface area contributed by atoms with E-state index in [1.54, 1.807) is 0 Å². The first-order valence-electron chi connectivity index (χ1n) is 21.0. The Morgan fingerprint density at radius 1 is 0.267 bits per heavy atom. The second-order valence-electron chi connectivity index (χ2n) is 16.7. The fraction of sp³-hybridized carbons (Fsp3) is 0. The van der Waals surface area contributed by atoms with Crippen LogP contribution in [0, 0.1) is 0 Å². The lowest BCUT2D eigenvalue weighted by Crippen LogP contribution is -2.56. The van der Waals surface area contributed by atoms with Crippen LogP contribution in [0.15, 0.2) is 114 Å². The largest absolute Gasteiger partial charge is 0.456 e. The Balaban J connectivity index is 1.30. The number of rotatable bonds is 6. The van der Waals surface area contributed by atoms with Crippen LogP contribution in [-0.2, 0) is 0 Å². The number of furan rings is 1. The average molecular weight is 758 g/mol. The van der Waals surface area contributed by atoms with E-state index in [9.17, 15) is 0 Å². The maximum Gasteiger partial charge on any atom is 0.167 e. The Morgan fingerprint density at radius 3 is 1.07 bits per heavy atom. The van der Waals surface area contributed by atoms with Crippen molar-refractivity contribution in [1.29, 1.82) is 0 Å². The highest BCUT2D eigenvalue weighted by atomic mass is 16.3. The second-order valence-corrected chi connectivity index (χ2v) is 16.7. The van der Waals surface area contributed by atoms with Gasteiger partial charge < -0.3 is 4.42 Å². The molecule has 0 bridgehead atoms. The molecule has 0 fully saturated rings. The Bertz CT molecular complexity index is 3060. The lowest BCUT2D eigenvalue weighted by molar-refractivity contribution is 0.673. The van der Waals surface area contributed by atoms with Gasteiger partial charge >= 0.3 is 0 Å². The second kappa shape index (κ2) is 15.3. The van der Waals surface area contributed by atoms with Crippen molar-refractivity contribution >= 4 is 168 Å². The number of fused-ring (bicyclic) bond motifs is 3. The maximum atomic E-state index is 7.27. The van der Waals surface area contributed by atoms with E-state index in [4.69, 9.17) is 19.4 Å². The average Bonchev–Trinajstić information content (AvgIpc) is 3.69. The van der Waals surface area contributed by atoms with Crippen molar-refractivity contribution in [3.8, 4) is 67.5 Å². The van der Waals surface area contributed by atoms with Gasteiger partial charge in [-0.1, -0.05) is 147 Å². The molecule has 7 aromatic carbocycles. The summed E-state index contributed by atoms with van der Waals surface area (Å²) in [6.45, 7) is 0. The minimum absolute atomic E-state index is 0.600. The van der Waals surface area contributed by atoms with E-state index >= 15 is 0 Å².